The minimum Gasteiger partial charge on any atom is -0.252 e. The molecule has 4 heteroatoms. The van der Waals surface area contributed by atoms with Crippen LogP contribution in [-0.2, 0) is 0 Å². The molecule has 2 nitrogen and oxygen atoms in total. The number of rotatable bonds is 1. The minimum absolute atomic E-state index is 0.522. The highest BCUT2D eigenvalue weighted by atomic mass is 35.5. The maximum atomic E-state index is 5.88. The van der Waals surface area contributed by atoms with Crippen LogP contribution < -0.4 is 0 Å². The van der Waals surface area contributed by atoms with Gasteiger partial charge in [-0.05, 0) is 23.1 Å². The van der Waals surface area contributed by atoms with Crippen LogP contribution >= 0.6 is 22.9 Å². The van der Waals surface area contributed by atoms with Crippen LogP contribution in [0, 0.1) is 0 Å². The lowest BCUT2D eigenvalue weighted by atomic mass is 10.1. The molecule has 0 aliphatic heterocycles. The standard InChI is InChI=1S/C12H7ClN2S/c13-12-4-10-3-8(11-6-14-7-16-11)1-2-9(10)5-15-12/h1-7H. The van der Waals surface area contributed by atoms with Gasteiger partial charge in [0.05, 0.1) is 10.4 Å². The summed E-state index contributed by atoms with van der Waals surface area (Å²) in [5.74, 6) is 0. The van der Waals surface area contributed by atoms with Crippen LogP contribution in [0.2, 0.25) is 5.15 Å². The van der Waals surface area contributed by atoms with Gasteiger partial charge in [0.15, 0.2) is 0 Å². The number of hydrogen-bond donors (Lipinski definition) is 0. The first-order valence-corrected chi connectivity index (χ1v) is 6.03. The fraction of sp³-hybridized carbons (Fsp3) is 0. The quantitative estimate of drug-likeness (QED) is 0.607. The van der Waals surface area contributed by atoms with Gasteiger partial charge in [-0.1, -0.05) is 23.7 Å². The van der Waals surface area contributed by atoms with E-state index in [2.05, 4.69) is 22.1 Å². The van der Waals surface area contributed by atoms with Gasteiger partial charge in [-0.3, -0.25) is 4.98 Å². The Bertz CT molecular complexity index is 635. The van der Waals surface area contributed by atoms with Gasteiger partial charge < -0.3 is 0 Å². The zero-order valence-corrected chi connectivity index (χ0v) is 9.79. The largest absolute Gasteiger partial charge is 0.252 e. The van der Waals surface area contributed by atoms with Crippen molar-refractivity contribution in [3.63, 3.8) is 0 Å². The van der Waals surface area contributed by atoms with Crippen LogP contribution in [0.1, 0.15) is 0 Å². The summed E-state index contributed by atoms with van der Waals surface area (Å²) in [5, 5.41) is 2.72. The lowest BCUT2D eigenvalue weighted by Gasteiger charge is -2.01. The first kappa shape index (κ1) is 9.75. The number of nitrogens with zero attached hydrogens (tertiary/aromatic N) is 2. The lowest BCUT2D eigenvalue weighted by molar-refractivity contribution is 1.36. The summed E-state index contributed by atoms with van der Waals surface area (Å²) < 4.78 is 0. The molecule has 0 atom stereocenters. The predicted molar refractivity (Wildman–Crippen MR) is 67.9 cm³/mol. The van der Waals surface area contributed by atoms with Crippen LogP contribution in [-0.4, -0.2) is 9.97 Å². The molecule has 0 amide bonds. The van der Waals surface area contributed by atoms with E-state index in [1.807, 2.05) is 23.8 Å². The molecule has 0 saturated heterocycles. The number of halogens is 1. The van der Waals surface area contributed by atoms with Gasteiger partial charge in [0.2, 0.25) is 0 Å². The molecule has 0 aliphatic rings. The molecule has 0 spiro atoms. The van der Waals surface area contributed by atoms with Crippen LogP contribution in [0.15, 0.2) is 42.2 Å². The molecule has 0 N–H and O–H groups in total. The topological polar surface area (TPSA) is 25.8 Å². The summed E-state index contributed by atoms with van der Waals surface area (Å²) in [6.07, 6.45) is 3.66. The maximum Gasteiger partial charge on any atom is 0.129 e. The second kappa shape index (κ2) is 3.85. The van der Waals surface area contributed by atoms with E-state index in [9.17, 15) is 0 Å². The molecule has 0 bridgehead atoms. The van der Waals surface area contributed by atoms with E-state index in [0.29, 0.717) is 5.15 Å². The molecule has 78 valence electrons. The summed E-state index contributed by atoms with van der Waals surface area (Å²) in [6, 6.07) is 8.11. The zero-order chi connectivity index (χ0) is 11.0. The monoisotopic (exact) mass is 246 g/mol. The van der Waals surface area contributed by atoms with Gasteiger partial charge >= 0.3 is 0 Å². The van der Waals surface area contributed by atoms with E-state index in [1.165, 1.54) is 0 Å². The second-order valence-corrected chi connectivity index (χ2v) is 4.71. The fourth-order valence-corrected chi connectivity index (χ4v) is 2.41. The van der Waals surface area contributed by atoms with Crippen molar-refractivity contribution in [2.45, 2.75) is 0 Å². The molecule has 3 aromatic rings. The van der Waals surface area contributed by atoms with Gasteiger partial charge in [-0.2, -0.15) is 0 Å². The van der Waals surface area contributed by atoms with Gasteiger partial charge in [0.25, 0.3) is 0 Å². The van der Waals surface area contributed by atoms with Crippen molar-refractivity contribution >= 4 is 33.7 Å². The Morgan fingerprint density at radius 1 is 1.06 bits per heavy atom. The third kappa shape index (κ3) is 1.68. The normalized spacial score (nSPS) is 10.8. The van der Waals surface area contributed by atoms with Crippen molar-refractivity contribution in [3.8, 4) is 10.4 Å². The van der Waals surface area contributed by atoms with E-state index in [4.69, 9.17) is 11.6 Å². The number of benzene rings is 1. The molecular formula is C12H7ClN2S. The average molecular weight is 247 g/mol. The lowest BCUT2D eigenvalue weighted by Crippen LogP contribution is -1.79. The summed E-state index contributed by atoms with van der Waals surface area (Å²) >= 11 is 7.50. The Hall–Kier alpha value is -1.45. The molecular weight excluding hydrogens is 240 g/mol. The molecule has 0 aliphatic carbocycles. The highest BCUT2D eigenvalue weighted by molar-refractivity contribution is 7.13. The number of aromatic nitrogens is 2. The van der Waals surface area contributed by atoms with E-state index in [-0.39, 0.29) is 0 Å². The number of thiazole rings is 1. The van der Waals surface area contributed by atoms with E-state index in [0.717, 1.165) is 21.2 Å². The van der Waals surface area contributed by atoms with E-state index in [1.54, 1.807) is 17.5 Å². The van der Waals surface area contributed by atoms with Crippen molar-refractivity contribution in [2.24, 2.45) is 0 Å². The van der Waals surface area contributed by atoms with Crippen molar-refractivity contribution < 1.29 is 0 Å². The zero-order valence-electron chi connectivity index (χ0n) is 8.22. The van der Waals surface area contributed by atoms with Crippen molar-refractivity contribution in [1.82, 2.24) is 9.97 Å². The summed E-state index contributed by atoms with van der Waals surface area (Å²) in [4.78, 5) is 9.29. The molecule has 1 aromatic carbocycles. The maximum absolute atomic E-state index is 5.88. The highest BCUT2D eigenvalue weighted by Crippen LogP contribution is 2.27. The Kier molecular flexibility index (Phi) is 2.35. The minimum atomic E-state index is 0.522. The Morgan fingerprint density at radius 3 is 2.81 bits per heavy atom. The van der Waals surface area contributed by atoms with Crippen LogP contribution in [0.25, 0.3) is 21.2 Å². The molecule has 3 rings (SSSR count). The Labute approximate surface area is 102 Å². The Balaban J connectivity index is 2.22. The molecule has 16 heavy (non-hydrogen) atoms. The average Bonchev–Trinajstić information content (AvgIpc) is 2.81. The van der Waals surface area contributed by atoms with E-state index < -0.39 is 0 Å². The summed E-state index contributed by atoms with van der Waals surface area (Å²) in [5.41, 5.74) is 3.00. The predicted octanol–water partition coefficient (Wildman–Crippen LogP) is 4.01. The SMILES string of the molecule is Clc1cc2cc(-c3cncs3)ccc2cn1. The summed E-state index contributed by atoms with van der Waals surface area (Å²) in [7, 11) is 0. The first-order valence-electron chi connectivity index (χ1n) is 4.77. The van der Waals surface area contributed by atoms with Crippen molar-refractivity contribution in [1.29, 1.82) is 0 Å². The third-order valence-corrected chi connectivity index (χ3v) is 3.43. The number of fused-ring (bicyclic) bond motifs is 1. The van der Waals surface area contributed by atoms with E-state index >= 15 is 0 Å². The van der Waals surface area contributed by atoms with Gasteiger partial charge in [-0.15, -0.1) is 11.3 Å². The highest BCUT2D eigenvalue weighted by Gasteiger charge is 2.02. The van der Waals surface area contributed by atoms with Gasteiger partial charge in [-0.25, -0.2) is 4.98 Å². The van der Waals surface area contributed by atoms with Gasteiger partial charge in [0.1, 0.15) is 5.15 Å². The fourth-order valence-electron chi connectivity index (χ4n) is 1.63. The van der Waals surface area contributed by atoms with Crippen molar-refractivity contribution in [3.05, 3.63) is 47.3 Å². The smallest absolute Gasteiger partial charge is 0.129 e. The third-order valence-electron chi connectivity index (χ3n) is 2.41. The summed E-state index contributed by atoms with van der Waals surface area (Å²) in [6.45, 7) is 0. The van der Waals surface area contributed by atoms with Crippen molar-refractivity contribution in [2.75, 3.05) is 0 Å². The number of pyridine rings is 1. The number of hydrogen-bond acceptors (Lipinski definition) is 3. The molecule has 2 aromatic heterocycles. The molecule has 0 saturated carbocycles. The molecule has 0 fully saturated rings. The first-order chi connectivity index (χ1) is 7.83. The second-order valence-electron chi connectivity index (χ2n) is 3.43. The van der Waals surface area contributed by atoms with Crippen LogP contribution in [0.5, 0.6) is 0 Å². The van der Waals surface area contributed by atoms with Gasteiger partial charge in [0, 0.05) is 17.8 Å². The van der Waals surface area contributed by atoms with Crippen LogP contribution in [0.3, 0.4) is 0 Å². The molecule has 2 heterocycles. The molecule has 0 unspecified atom stereocenters. The Morgan fingerprint density at radius 2 is 2.00 bits per heavy atom. The molecule has 0 radical (unpaired) electrons. The van der Waals surface area contributed by atoms with Crippen LogP contribution in [0.4, 0.5) is 0 Å².